The van der Waals surface area contributed by atoms with E-state index in [1.807, 2.05) is 0 Å². The molecule has 5 nitrogen and oxygen atoms in total. The van der Waals surface area contributed by atoms with Crippen molar-refractivity contribution >= 4 is 5.91 Å². The molecular weight excluding hydrogens is 270 g/mol. The first-order valence-electron chi connectivity index (χ1n) is 6.75. The number of likely N-dealkylation sites (tertiary alicyclic amines) is 1. The number of carbonyl (C=O) groups is 1. The normalized spacial score (nSPS) is 23.2. The van der Waals surface area contributed by atoms with Gasteiger partial charge < -0.3 is 14.1 Å². The van der Waals surface area contributed by atoms with Crippen LogP contribution in [0.3, 0.4) is 0 Å². The van der Waals surface area contributed by atoms with Crippen molar-refractivity contribution in [2.45, 2.75) is 31.1 Å². The lowest BCUT2D eigenvalue weighted by Crippen LogP contribution is -2.31. The highest BCUT2D eigenvalue weighted by atomic mass is 19.3. The standard InChI is InChI=1S/C13H16F2N2O3/c14-13(15)3-4-17(8-13)12(18)10-7-20-11(16-10)9-1-5-19-6-2-9/h7,9H,1-6,8H2. The smallest absolute Gasteiger partial charge is 0.276 e. The summed E-state index contributed by atoms with van der Waals surface area (Å²) in [6.07, 6.45) is 2.58. The Kier molecular flexibility index (Phi) is 3.45. The summed E-state index contributed by atoms with van der Waals surface area (Å²) in [7, 11) is 0. The van der Waals surface area contributed by atoms with Gasteiger partial charge in [-0.1, -0.05) is 0 Å². The largest absolute Gasteiger partial charge is 0.448 e. The van der Waals surface area contributed by atoms with Gasteiger partial charge in [0.1, 0.15) is 6.26 Å². The van der Waals surface area contributed by atoms with Crippen LogP contribution in [0.15, 0.2) is 10.7 Å². The maximum absolute atomic E-state index is 13.1. The second-order valence-electron chi connectivity index (χ2n) is 5.29. The molecule has 0 aromatic carbocycles. The fourth-order valence-electron chi connectivity index (χ4n) is 2.59. The number of amides is 1. The Bertz CT molecular complexity index is 498. The summed E-state index contributed by atoms with van der Waals surface area (Å²) in [5.41, 5.74) is 0.115. The lowest BCUT2D eigenvalue weighted by atomic mass is 10.0. The average molecular weight is 286 g/mol. The first-order valence-corrected chi connectivity index (χ1v) is 6.75. The average Bonchev–Trinajstić information content (AvgIpc) is 3.05. The Morgan fingerprint density at radius 1 is 1.40 bits per heavy atom. The van der Waals surface area contributed by atoms with Gasteiger partial charge in [-0.3, -0.25) is 4.79 Å². The van der Waals surface area contributed by atoms with Crippen LogP contribution in [-0.2, 0) is 4.74 Å². The van der Waals surface area contributed by atoms with Gasteiger partial charge in [0.25, 0.3) is 11.8 Å². The number of carbonyl (C=O) groups excluding carboxylic acids is 1. The summed E-state index contributed by atoms with van der Waals surface area (Å²) in [5.74, 6) is -2.62. The highest BCUT2D eigenvalue weighted by molar-refractivity contribution is 5.92. The molecule has 1 amide bonds. The van der Waals surface area contributed by atoms with E-state index >= 15 is 0 Å². The molecule has 2 fully saturated rings. The monoisotopic (exact) mass is 286 g/mol. The van der Waals surface area contributed by atoms with E-state index in [1.54, 1.807) is 0 Å². The van der Waals surface area contributed by atoms with Gasteiger partial charge in [-0.05, 0) is 12.8 Å². The van der Waals surface area contributed by atoms with Crippen molar-refractivity contribution in [2.75, 3.05) is 26.3 Å². The zero-order valence-corrected chi connectivity index (χ0v) is 11.0. The Hall–Kier alpha value is -1.50. The molecule has 0 atom stereocenters. The summed E-state index contributed by atoms with van der Waals surface area (Å²) < 4.78 is 36.8. The molecule has 7 heteroatoms. The van der Waals surface area contributed by atoms with E-state index in [0.29, 0.717) is 19.1 Å². The van der Waals surface area contributed by atoms with E-state index in [4.69, 9.17) is 9.15 Å². The van der Waals surface area contributed by atoms with Gasteiger partial charge in [-0.15, -0.1) is 0 Å². The number of alkyl halides is 2. The van der Waals surface area contributed by atoms with Crippen molar-refractivity contribution < 1.29 is 22.7 Å². The van der Waals surface area contributed by atoms with Crippen LogP contribution in [0.2, 0.25) is 0 Å². The summed E-state index contributed by atoms with van der Waals surface area (Å²) in [6, 6.07) is 0. The van der Waals surface area contributed by atoms with E-state index in [-0.39, 0.29) is 24.6 Å². The van der Waals surface area contributed by atoms with Crippen molar-refractivity contribution in [3.05, 3.63) is 17.8 Å². The molecule has 1 aromatic rings. The Morgan fingerprint density at radius 3 is 2.80 bits per heavy atom. The predicted molar refractivity (Wildman–Crippen MR) is 64.8 cm³/mol. The van der Waals surface area contributed by atoms with Gasteiger partial charge in [-0.25, -0.2) is 13.8 Å². The van der Waals surface area contributed by atoms with Crippen molar-refractivity contribution in [2.24, 2.45) is 0 Å². The van der Waals surface area contributed by atoms with Crippen LogP contribution in [0.25, 0.3) is 0 Å². The van der Waals surface area contributed by atoms with Crippen molar-refractivity contribution in [3.8, 4) is 0 Å². The number of rotatable bonds is 2. The molecule has 0 saturated carbocycles. The fraction of sp³-hybridized carbons (Fsp3) is 0.692. The minimum atomic E-state index is -2.79. The minimum Gasteiger partial charge on any atom is -0.448 e. The minimum absolute atomic E-state index is 0.0608. The summed E-state index contributed by atoms with van der Waals surface area (Å²) in [5, 5.41) is 0. The van der Waals surface area contributed by atoms with E-state index < -0.39 is 18.4 Å². The summed E-state index contributed by atoms with van der Waals surface area (Å²) in [4.78, 5) is 17.4. The molecular formula is C13H16F2N2O3. The predicted octanol–water partition coefficient (Wildman–Crippen LogP) is 2.05. The van der Waals surface area contributed by atoms with Gasteiger partial charge in [0.2, 0.25) is 0 Å². The van der Waals surface area contributed by atoms with Gasteiger partial charge in [0, 0.05) is 32.1 Å². The Balaban J connectivity index is 1.68. The van der Waals surface area contributed by atoms with E-state index in [0.717, 1.165) is 17.7 Å². The van der Waals surface area contributed by atoms with Crippen LogP contribution in [0, 0.1) is 0 Å². The van der Waals surface area contributed by atoms with Crippen molar-refractivity contribution in [3.63, 3.8) is 0 Å². The number of halogens is 2. The quantitative estimate of drug-likeness (QED) is 0.835. The highest BCUT2D eigenvalue weighted by Crippen LogP contribution is 2.29. The Labute approximate surface area is 114 Å². The highest BCUT2D eigenvalue weighted by Gasteiger charge is 2.41. The molecule has 0 unspecified atom stereocenters. The molecule has 110 valence electrons. The van der Waals surface area contributed by atoms with Gasteiger partial charge in [-0.2, -0.15) is 0 Å². The third-order valence-electron chi connectivity index (χ3n) is 3.77. The fourth-order valence-corrected chi connectivity index (χ4v) is 2.59. The van der Waals surface area contributed by atoms with Crippen molar-refractivity contribution in [1.82, 2.24) is 9.88 Å². The van der Waals surface area contributed by atoms with Crippen LogP contribution in [-0.4, -0.2) is 48.0 Å². The lowest BCUT2D eigenvalue weighted by Gasteiger charge is -2.18. The number of oxazole rings is 1. The summed E-state index contributed by atoms with van der Waals surface area (Å²) in [6.45, 7) is 0.819. The molecule has 20 heavy (non-hydrogen) atoms. The second kappa shape index (κ2) is 5.12. The lowest BCUT2D eigenvalue weighted by molar-refractivity contribution is 0.0119. The maximum atomic E-state index is 13.1. The number of hydrogen-bond donors (Lipinski definition) is 0. The molecule has 3 heterocycles. The molecule has 0 spiro atoms. The van der Waals surface area contributed by atoms with E-state index in [9.17, 15) is 13.6 Å². The zero-order valence-electron chi connectivity index (χ0n) is 11.0. The number of nitrogens with zero attached hydrogens (tertiary/aromatic N) is 2. The van der Waals surface area contributed by atoms with Crippen LogP contribution >= 0.6 is 0 Å². The third kappa shape index (κ3) is 2.67. The molecule has 0 N–H and O–H groups in total. The maximum Gasteiger partial charge on any atom is 0.276 e. The van der Waals surface area contributed by atoms with Gasteiger partial charge in [0.15, 0.2) is 11.6 Å². The van der Waals surface area contributed by atoms with Gasteiger partial charge >= 0.3 is 0 Å². The first kappa shape index (κ1) is 13.5. The molecule has 2 aliphatic rings. The van der Waals surface area contributed by atoms with E-state index in [1.165, 1.54) is 6.26 Å². The third-order valence-corrected chi connectivity index (χ3v) is 3.77. The Morgan fingerprint density at radius 2 is 2.15 bits per heavy atom. The molecule has 0 bridgehead atoms. The van der Waals surface area contributed by atoms with Crippen LogP contribution in [0.4, 0.5) is 8.78 Å². The van der Waals surface area contributed by atoms with Gasteiger partial charge in [0.05, 0.1) is 6.54 Å². The molecule has 0 aliphatic carbocycles. The number of hydrogen-bond acceptors (Lipinski definition) is 4. The molecule has 2 aliphatic heterocycles. The zero-order chi connectivity index (χ0) is 14.2. The number of ether oxygens (including phenoxy) is 1. The van der Waals surface area contributed by atoms with Crippen LogP contribution in [0.1, 0.15) is 41.6 Å². The number of aromatic nitrogens is 1. The molecule has 1 aromatic heterocycles. The van der Waals surface area contributed by atoms with Crippen LogP contribution in [0.5, 0.6) is 0 Å². The molecule has 2 saturated heterocycles. The topological polar surface area (TPSA) is 55.6 Å². The second-order valence-corrected chi connectivity index (χ2v) is 5.29. The molecule has 3 rings (SSSR count). The SMILES string of the molecule is O=C(c1coc(C2CCOCC2)n1)N1CCC(F)(F)C1. The first-order chi connectivity index (χ1) is 9.55. The van der Waals surface area contributed by atoms with Crippen molar-refractivity contribution in [1.29, 1.82) is 0 Å². The van der Waals surface area contributed by atoms with E-state index in [2.05, 4.69) is 4.98 Å². The van der Waals surface area contributed by atoms with Crippen LogP contribution < -0.4 is 0 Å². The summed E-state index contributed by atoms with van der Waals surface area (Å²) >= 11 is 0. The molecule has 0 radical (unpaired) electrons.